The third-order valence-corrected chi connectivity index (χ3v) is 5.15. The third-order valence-electron chi connectivity index (χ3n) is 4.12. The Morgan fingerprint density at radius 1 is 1.53 bits per heavy atom. The molecule has 0 saturated heterocycles. The number of hydrogen-bond acceptors (Lipinski definition) is 5. The summed E-state index contributed by atoms with van der Waals surface area (Å²) in [6.45, 7) is 3.56. The summed E-state index contributed by atoms with van der Waals surface area (Å²) in [5.74, 6) is 1.10. The molecule has 0 atom stereocenters. The Labute approximate surface area is 117 Å². The van der Waals surface area contributed by atoms with Crippen LogP contribution in [0, 0.1) is 11.3 Å². The van der Waals surface area contributed by atoms with Crippen LogP contribution < -0.4 is 16.4 Å². The highest BCUT2D eigenvalue weighted by molar-refractivity contribution is 7.18. The van der Waals surface area contributed by atoms with E-state index >= 15 is 0 Å². The lowest BCUT2D eigenvalue weighted by Gasteiger charge is -2.14. The van der Waals surface area contributed by atoms with Crippen molar-refractivity contribution in [1.82, 2.24) is 10.3 Å². The number of rotatable bonds is 6. The van der Waals surface area contributed by atoms with E-state index in [0.29, 0.717) is 21.2 Å². The van der Waals surface area contributed by atoms with E-state index in [4.69, 9.17) is 5.73 Å². The molecule has 1 aromatic rings. The lowest BCUT2D eigenvalue weighted by atomic mass is 10.0. The minimum atomic E-state index is -0.0777. The number of nitrogen functional groups attached to an aromatic ring is 1. The van der Waals surface area contributed by atoms with Gasteiger partial charge in [-0.3, -0.25) is 4.79 Å². The van der Waals surface area contributed by atoms with Crippen LogP contribution in [0.2, 0.25) is 0 Å². The first-order valence-corrected chi connectivity index (χ1v) is 7.74. The lowest BCUT2D eigenvalue weighted by molar-refractivity contribution is 0.0947. The van der Waals surface area contributed by atoms with Gasteiger partial charge in [0.25, 0.3) is 5.91 Å². The third kappa shape index (κ3) is 2.54. The zero-order valence-corrected chi connectivity index (χ0v) is 12.0. The zero-order valence-electron chi connectivity index (χ0n) is 11.2. The largest absolute Gasteiger partial charge is 0.382 e. The predicted molar refractivity (Wildman–Crippen MR) is 77.4 cm³/mol. The van der Waals surface area contributed by atoms with E-state index in [2.05, 4.69) is 15.6 Å². The number of carbonyl (C=O) groups is 1. The van der Waals surface area contributed by atoms with Crippen LogP contribution in [-0.4, -0.2) is 24.0 Å². The van der Waals surface area contributed by atoms with Gasteiger partial charge in [0.05, 0.1) is 0 Å². The molecule has 2 aliphatic carbocycles. The monoisotopic (exact) mass is 280 g/mol. The minimum Gasteiger partial charge on any atom is -0.382 e. The molecule has 19 heavy (non-hydrogen) atoms. The van der Waals surface area contributed by atoms with Crippen LogP contribution in [0.4, 0.5) is 10.9 Å². The number of aromatic nitrogens is 1. The Balaban J connectivity index is 1.60. The maximum Gasteiger partial charge on any atom is 0.265 e. The van der Waals surface area contributed by atoms with E-state index in [1.807, 2.05) is 6.92 Å². The van der Waals surface area contributed by atoms with Gasteiger partial charge in [-0.15, -0.1) is 0 Å². The lowest BCUT2D eigenvalue weighted by Crippen LogP contribution is -2.31. The molecule has 2 aliphatic rings. The predicted octanol–water partition coefficient (Wildman–Crippen LogP) is 2.08. The standard InChI is InChI=1S/C13H20N4OS/c1-2-15-12-17-10(14)9(19-12)11(18)16-7-13(5-6-13)8-3-4-8/h8H,2-7,14H2,1H3,(H,15,17)(H,16,18). The van der Waals surface area contributed by atoms with E-state index in [9.17, 15) is 4.79 Å². The van der Waals surface area contributed by atoms with E-state index in [0.717, 1.165) is 19.0 Å². The highest BCUT2D eigenvalue weighted by Gasteiger charge is 2.53. The first-order valence-electron chi connectivity index (χ1n) is 6.93. The number of hydrogen-bond donors (Lipinski definition) is 3. The summed E-state index contributed by atoms with van der Waals surface area (Å²) >= 11 is 1.33. The first-order chi connectivity index (χ1) is 9.14. The number of nitrogens with zero attached hydrogens (tertiary/aromatic N) is 1. The van der Waals surface area contributed by atoms with Crippen molar-refractivity contribution in [3.05, 3.63) is 4.88 Å². The Morgan fingerprint density at radius 2 is 2.26 bits per heavy atom. The normalized spacial score (nSPS) is 20.1. The smallest absolute Gasteiger partial charge is 0.265 e. The molecular weight excluding hydrogens is 260 g/mol. The molecule has 6 heteroatoms. The van der Waals surface area contributed by atoms with E-state index < -0.39 is 0 Å². The van der Waals surface area contributed by atoms with Crippen molar-refractivity contribution in [2.24, 2.45) is 11.3 Å². The Hall–Kier alpha value is -1.30. The molecule has 1 aromatic heterocycles. The van der Waals surface area contributed by atoms with E-state index in [1.165, 1.54) is 37.0 Å². The van der Waals surface area contributed by atoms with Crippen LogP contribution in [0.1, 0.15) is 42.3 Å². The van der Waals surface area contributed by atoms with Gasteiger partial charge in [-0.2, -0.15) is 0 Å². The summed E-state index contributed by atoms with van der Waals surface area (Å²) < 4.78 is 0. The summed E-state index contributed by atoms with van der Waals surface area (Å²) in [6.07, 6.45) is 5.20. The van der Waals surface area contributed by atoms with Crippen molar-refractivity contribution in [3.8, 4) is 0 Å². The van der Waals surface area contributed by atoms with Gasteiger partial charge in [-0.1, -0.05) is 11.3 Å². The van der Waals surface area contributed by atoms with Crippen LogP contribution in [0.15, 0.2) is 0 Å². The van der Waals surface area contributed by atoms with Crippen molar-refractivity contribution in [3.63, 3.8) is 0 Å². The molecule has 1 amide bonds. The average Bonchev–Trinajstić information content (AvgIpc) is 3.25. The molecule has 0 bridgehead atoms. The fourth-order valence-corrected chi connectivity index (χ4v) is 3.51. The van der Waals surface area contributed by atoms with Crippen molar-refractivity contribution in [2.45, 2.75) is 32.6 Å². The quantitative estimate of drug-likeness (QED) is 0.745. The minimum absolute atomic E-state index is 0.0777. The van der Waals surface area contributed by atoms with Gasteiger partial charge in [-0.05, 0) is 43.9 Å². The van der Waals surface area contributed by atoms with Crippen molar-refractivity contribution in [2.75, 3.05) is 24.1 Å². The van der Waals surface area contributed by atoms with Gasteiger partial charge in [-0.25, -0.2) is 4.98 Å². The summed E-state index contributed by atoms with van der Waals surface area (Å²) in [4.78, 5) is 16.8. The van der Waals surface area contributed by atoms with Crippen molar-refractivity contribution < 1.29 is 4.79 Å². The maximum absolute atomic E-state index is 12.2. The SMILES string of the molecule is CCNc1nc(N)c(C(=O)NCC2(C3CC3)CC2)s1. The van der Waals surface area contributed by atoms with Crippen molar-refractivity contribution in [1.29, 1.82) is 0 Å². The number of amides is 1. The molecule has 3 rings (SSSR count). The van der Waals surface area contributed by atoms with Crippen LogP contribution in [0.25, 0.3) is 0 Å². The Bertz CT molecular complexity index is 491. The molecule has 0 unspecified atom stereocenters. The van der Waals surface area contributed by atoms with Crippen LogP contribution >= 0.6 is 11.3 Å². The fourth-order valence-electron chi connectivity index (χ4n) is 2.64. The van der Waals surface area contributed by atoms with Crippen LogP contribution in [0.3, 0.4) is 0 Å². The highest BCUT2D eigenvalue weighted by atomic mass is 32.1. The van der Waals surface area contributed by atoms with E-state index in [-0.39, 0.29) is 5.91 Å². The highest BCUT2D eigenvalue weighted by Crippen LogP contribution is 2.60. The molecular formula is C13H20N4OS. The van der Waals surface area contributed by atoms with Gasteiger partial charge >= 0.3 is 0 Å². The summed E-state index contributed by atoms with van der Waals surface area (Å²) in [5.41, 5.74) is 6.21. The molecule has 1 heterocycles. The Kier molecular flexibility index (Phi) is 3.12. The molecule has 4 N–H and O–H groups in total. The van der Waals surface area contributed by atoms with Gasteiger partial charge < -0.3 is 16.4 Å². The van der Waals surface area contributed by atoms with Gasteiger partial charge in [0, 0.05) is 13.1 Å². The van der Waals surface area contributed by atoms with Crippen LogP contribution in [-0.2, 0) is 0 Å². The van der Waals surface area contributed by atoms with Gasteiger partial charge in [0.1, 0.15) is 10.7 Å². The second-order valence-corrected chi connectivity index (χ2v) is 6.58. The molecule has 0 spiro atoms. The summed E-state index contributed by atoms with van der Waals surface area (Å²) in [7, 11) is 0. The number of nitrogens with one attached hydrogen (secondary N) is 2. The molecule has 2 saturated carbocycles. The molecule has 0 aromatic carbocycles. The molecule has 5 nitrogen and oxygen atoms in total. The number of anilines is 2. The van der Waals surface area contributed by atoms with Gasteiger partial charge in [0.2, 0.25) is 0 Å². The summed E-state index contributed by atoms with van der Waals surface area (Å²) in [6, 6.07) is 0. The molecule has 104 valence electrons. The van der Waals surface area contributed by atoms with Crippen molar-refractivity contribution >= 4 is 28.2 Å². The second kappa shape index (κ2) is 4.67. The zero-order chi connectivity index (χ0) is 13.5. The molecule has 0 radical (unpaired) electrons. The van der Waals surface area contributed by atoms with Gasteiger partial charge in [0.15, 0.2) is 5.13 Å². The topological polar surface area (TPSA) is 80.0 Å². The fraction of sp³-hybridized carbons (Fsp3) is 0.692. The molecule has 2 fully saturated rings. The number of nitrogens with two attached hydrogens (primary N) is 1. The average molecular weight is 280 g/mol. The first kappa shape index (κ1) is 12.7. The number of thiazole rings is 1. The van der Waals surface area contributed by atoms with E-state index in [1.54, 1.807) is 0 Å². The number of carbonyl (C=O) groups excluding carboxylic acids is 1. The second-order valence-electron chi connectivity index (χ2n) is 5.58. The summed E-state index contributed by atoms with van der Waals surface area (Å²) in [5, 5.41) is 6.84. The Morgan fingerprint density at radius 3 is 2.84 bits per heavy atom. The maximum atomic E-state index is 12.2. The van der Waals surface area contributed by atoms with Crippen LogP contribution in [0.5, 0.6) is 0 Å². The molecule has 0 aliphatic heterocycles.